The SMILES string of the molecule is COC(=O)N[C@H](C(=O)Cc1cccc(F)c1CC[C@H]1CN(C(=O)OC(C)(C)C)C[C@H](C)N1S(=O)(=O)C1CC1)[C@@H](c1ccc(Cl)cc1)C1CCOCC1. The zero-order valence-electron chi connectivity index (χ0n) is 30.6. The summed E-state index contributed by atoms with van der Waals surface area (Å²) in [7, 11) is -2.42. The molecule has 14 heteroatoms. The van der Waals surface area contributed by atoms with Gasteiger partial charge in [0.1, 0.15) is 11.4 Å². The van der Waals surface area contributed by atoms with Crippen LogP contribution in [0.5, 0.6) is 0 Å². The molecule has 1 aliphatic carbocycles. The number of benzene rings is 2. The second kappa shape index (κ2) is 16.8. The Balaban J connectivity index is 1.43. The second-order valence-electron chi connectivity index (χ2n) is 15.2. The normalized spacial score (nSPS) is 21.6. The summed E-state index contributed by atoms with van der Waals surface area (Å²) in [5, 5.41) is 2.86. The third kappa shape index (κ3) is 9.83. The number of Topliss-reactive ketones (excluding diaryl/α,β-unsaturated/α-hetero) is 1. The highest BCUT2D eigenvalue weighted by Gasteiger charge is 2.48. The summed E-state index contributed by atoms with van der Waals surface area (Å²) in [6, 6.07) is 9.58. The van der Waals surface area contributed by atoms with Gasteiger partial charge in [0.2, 0.25) is 10.0 Å². The number of hydrogen-bond donors (Lipinski definition) is 1. The third-order valence-electron chi connectivity index (χ3n) is 10.1. The highest BCUT2D eigenvalue weighted by Crippen LogP contribution is 2.38. The molecule has 2 saturated heterocycles. The molecule has 11 nitrogen and oxygen atoms in total. The van der Waals surface area contributed by atoms with E-state index < -0.39 is 62.9 Å². The fourth-order valence-corrected chi connectivity index (χ4v) is 9.93. The molecular formula is C38H51ClFN3O8S. The Kier molecular flexibility index (Phi) is 12.9. The minimum Gasteiger partial charge on any atom is -0.453 e. The van der Waals surface area contributed by atoms with Crippen molar-refractivity contribution in [1.29, 1.82) is 0 Å². The van der Waals surface area contributed by atoms with E-state index in [1.807, 2.05) is 12.1 Å². The number of alkyl carbamates (subject to hydrolysis) is 1. The van der Waals surface area contributed by atoms with Gasteiger partial charge in [-0.3, -0.25) is 4.79 Å². The number of methoxy groups -OCH3 is 1. The van der Waals surface area contributed by atoms with Gasteiger partial charge in [0.15, 0.2) is 5.78 Å². The summed E-state index contributed by atoms with van der Waals surface area (Å²) < 4.78 is 60.8. The topological polar surface area (TPSA) is 132 Å². The van der Waals surface area contributed by atoms with Gasteiger partial charge in [-0.1, -0.05) is 35.9 Å². The second-order valence-corrected chi connectivity index (χ2v) is 17.7. The maximum Gasteiger partial charge on any atom is 0.410 e. The molecule has 286 valence electrons. The maximum absolute atomic E-state index is 15.8. The highest BCUT2D eigenvalue weighted by atomic mass is 35.5. The third-order valence-corrected chi connectivity index (χ3v) is 12.9. The summed E-state index contributed by atoms with van der Waals surface area (Å²) in [4.78, 5) is 41.8. The van der Waals surface area contributed by atoms with Crippen molar-refractivity contribution >= 4 is 39.6 Å². The van der Waals surface area contributed by atoms with Gasteiger partial charge in [-0.05, 0) is 107 Å². The zero-order valence-corrected chi connectivity index (χ0v) is 32.2. The van der Waals surface area contributed by atoms with Crippen LogP contribution in [-0.2, 0) is 41.9 Å². The fourth-order valence-electron chi connectivity index (χ4n) is 7.57. The lowest BCUT2D eigenvalue weighted by atomic mass is 9.74. The zero-order chi connectivity index (χ0) is 37.8. The quantitative estimate of drug-likeness (QED) is 0.268. The maximum atomic E-state index is 15.8. The van der Waals surface area contributed by atoms with Crippen LogP contribution in [0.4, 0.5) is 14.0 Å². The molecule has 2 heterocycles. The molecular weight excluding hydrogens is 713 g/mol. The van der Waals surface area contributed by atoms with Crippen molar-refractivity contribution in [2.75, 3.05) is 33.4 Å². The molecule has 0 radical (unpaired) electrons. The Labute approximate surface area is 311 Å². The fraction of sp³-hybridized carbons (Fsp3) is 0.605. The van der Waals surface area contributed by atoms with Crippen molar-refractivity contribution in [2.45, 2.75) is 108 Å². The number of carbonyl (C=O) groups excluding carboxylic acids is 3. The molecule has 3 fully saturated rings. The lowest BCUT2D eigenvalue weighted by Gasteiger charge is -2.45. The van der Waals surface area contributed by atoms with Crippen LogP contribution in [0.15, 0.2) is 42.5 Å². The van der Waals surface area contributed by atoms with Gasteiger partial charge >= 0.3 is 12.2 Å². The van der Waals surface area contributed by atoms with Gasteiger partial charge in [-0.25, -0.2) is 22.4 Å². The number of sulfonamides is 1. The molecule has 0 bridgehead atoms. The van der Waals surface area contributed by atoms with Crippen LogP contribution >= 0.6 is 11.6 Å². The average Bonchev–Trinajstić information content (AvgIpc) is 3.95. The first-order valence-electron chi connectivity index (χ1n) is 18.1. The minimum absolute atomic E-state index is 0.00591. The predicted molar refractivity (Wildman–Crippen MR) is 195 cm³/mol. The van der Waals surface area contributed by atoms with Crippen LogP contribution in [0, 0.1) is 11.7 Å². The summed E-state index contributed by atoms with van der Waals surface area (Å²) in [6.45, 7) is 8.38. The van der Waals surface area contributed by atoms with E-state index in [2.05, 4.69) is 5.32 Å². The Hall–Kier alpha value is -3.26. The molecule has 4 atom stereocenters. The van der Waals surface area contributed by atoms with E-state index in [4.69, 9.17) is 25.8 Å². The van der Waals surface area contributed by atoms with Gasteiger partial charge in [-0.15, -0.1) is 0 Å². The number of amides is 2. The molecule has 52 heavy (non-hydrogen) atoms. The molecule has 0 aromatic heterocycles. The molecule has 1 saturated carbocycles. The molecule has 2 amide bonds. The van der Waals surface area contributed by atoms with E-state index in [9.17, 15) is 22.8 Å². The summed E-state index contributed by atoms with van der Waals surface area (Å²) in [5.41, 5.74) is 0.809. The van der Waals surface area contributed by atoms with Gasteiger partial charge in [0.05, 0.1) is 18.4 Å². The minimum atomic E-state index is -3.65. The van der Waals surface area contributed by atoms with Crippen LogP contribution in [0.3, 0.4) is 0 Å². The van der Waals surface area contributed by atoms with Crippen LogP contribution in [-0.4, -0.2) is 98.0 Å². The van der Waals surface area contributed by atoms with Crippen LogP contribution < -0.4 is 5.32 Å². The molecule has 3 aliphatic rings. The summed E-state index contributed by atoms with van der Waals surface area (Å²) in [5.74, 6) is -1.29. The van der Waals surface area contributed by atoms with E-state index in [0.29, 0.717) is 49.5 Å². The van der Waals surface area contributed by atoms with E-state index in [1.165, 1.54) is 28.4 Å². The van der Waals surface area contributed by atoms with E-state index >= 15 is 4.39 Å². The average molecular weight is 764 g/mol. The number of hydrogen-bond acceptors (Lipinski definition) is 8. The standard InChI is InChI=1S/C38H51ClFN3O8S/c1-24-22-42(37(46)51-38(2,3)4)23-29(43(24)52(47,48)30-14-15-30)13-16-31-27(7-6-8-32(31)40)21-33(44)35(41-36(45)49-5)34(26-17-19-50-20-18-26)25-9-11-28(39)12-10-25/h6-12,24,26,29-30,34-35H,13-23H2,1-5H3,(H,41,45)/t24-,29-,34-,35+/m0/s1. The first-order chi connectivity index (χ1) is 24.6. The smallest absolute Gasteiger partial charge is 0.410 e. The van der Waals surface area contributed by atoms with Crippen molar-refractivity contribution in [2.24, 2.45) is 5.92 Å². The van der Waals surface area contributed by atoms with Crippen molar-refractivity contribution < 1.29 is 41.4 Å². The van der Waals surface area contributed by atoms with E-state index in [0.717, 1.165) is 5.56 Å². The summed E-state index contributed by atoms with van der Waals surface area (Å²) in [6.07, 6.45) is 1.34. The van der Waals surface area contributed by atoms with Crippen molar-refractivity contribution in [3.05, 3.63) is 70.0 Å². The molecule has 2 aromatic carbocycles. The molecule has 0 spiro atoms. The Bertz CT molecular complexity index is 1690. The number of halogens is 2. The van der Waals surface area contributed by atoms with E-state index in [-0.39, 0.29) is 49.6 Å². The van der Waals surface area contributed by atoms with Crippen molar-refractivity contribution in [3.63, 3.8) is 0 Å². The first-order valence-corrected chi connectivity index (χ1v) is 19.9. The molecule has 1 N–H and O–H groups in total. The van der Waals surface area contributed by atoms with Gasteiger partial charge in [0, 0.05) is 55.7 Å². The number of ether oxygens (including phenoxy) is 3. The lowest BCUT2D eigenvalue weighted by Crippen LogP contribution is -2.61. The van der Waals surface area contributed by atoms with Gasteiger partial charge < -0.3 is 24.4 Å². The monoisotopic (exact) mass is 763 g/mol. The van der Waals surface area contributed by atoms with Crippen LogP contribution in [0.25, 0.3) is 0 Å². The van der Waals surface area contributed by atoms with E-state index in [1.54, 1.807) is 45.9 Å². The van der Waals surface area contributed by atoms with Crippen LogP contribution in [0.2, 0.25) is 5.02 Å². The summed E-state index contributed by atoms with van der Waals surface area (Å²) >= 11 is 6.21. The van der Waals surface area contributed by atoms with Gasteiger partial charge in [-0.2, -0.15) is 4.31 Å². The lowest BCUT2D eigenvalue weighted by molar-refractivity contribution is -0.121. The first kappa shape index (κ1) is 39.9. The number of ketones is 1. The Morgan fingerprint density at radius 2 is 1.71 bits per heavy atom. The molecule has 0 unspecified atom stereocenters. The number of rotatable bonds is 12. The molecule has 2 aliphatic heterocycles. The molecule has 2 aromatic rings. The van der Waals surface area contributed by atoms with Crippen molar-refractivity contribution in [1.82, 2.24) is 14.5 Å². The number of piperazine rings is 1. The highest BCUT2D eigenvalue weighted by molar-refractivity contribution is 7.90. The number of nitrogens with one attached hydrogen (secondary N) is 1. The predicted octanol–water partition coefficient (Wildman–Crippen LogP) is 6.26. The van der Waals surface area contributed by atoms with Crippen molar-refractivity contribution in [3.8, 4) is 0 Å². The largest absolute Gasteiger partial charge is 0.453 e. The van der Waals surface area contributed by atoms with Gasteiger partial charge in [0.25, 0.3) is 0 Å². The Morgan fingerprint density at radius 3 is 2.33 bits per heavy atom. The number of nitrogens with zero attached hydrogens (tertiary/aromatic N) is 2. The Morgan fingerprint density at radius 1 is 1.04 bits per heavy atom. The molecule has 5 rings (SSSR count). The van der Waals surface area contributed by atoms with Crippen LogP contribution in [0.1, 0.15) is 82.4 Å². The number of carbonyl (C=O) groups is 3.